The van der Waals surface area contributed by atoms with Crippen LogP contribution >= 0.6 is 11.6 Å². The molecule has 2 aromatic rings. The zero-order valence-electron chi connectivity index (χ0n) is 8.72. The van der Waals surface area contributed by atoms with Crippen LogP contribution in [0.4, 0.5) is 10.1 Å². The Kier molecular flexibility index (Phi) is 3.10. The van der Waals surface area contributed by atoms with Crippen molar-refractivity contribution < 1.29 is 4.39 Å². The third kappa shape index (κ3) is 2.52. The van der Waals surface area contributed by atoms with Crippen molar-refractivity contribution in [3.05, 3.63) is 46.8 Å². The smallest absolute Gasteiger partial charge is 0.126 e. The first kappa shape index (κ1) is 11.0. The summed E-state index contributed by atoms with van der Waals surface area (Å²) in [5.41, 5.74) is 2.54. The summed E-state index contributed by atoms with van der Waals surface area (Å²) in [5.74, 6) is -0.353. The molecule has 0 atom stereocenters. The number of aromatic amines is 1. The minimum Gasteiger partial charge on any atom is -0.379 e. The highest BCUT2D eigenvalue weighted by molar-refractivity contribution is 6.30. The van der Waals surface area contributed by atoms with Gasteiger partial charge < -0.3 is 10.3 Å². The lowest BCUT2D eigenvalue weighted by Gasteiger charge is -2.05. The van der Waals surface area contributed by atoms with E-state index in [0.29, 0.717) is 17.3 Å². The van der Waals surface area contributed by atoms with E-state index in [-0.39, 0.29) is 5.82 Å². The summed E-state index contributed by atoms with van der Waals surface area (Å²) in [6.45, 7) is 2.47. The van der Waals surface area contributed by atoms with Gasteiger partial charge in [0.1, 0.15) is 5.82 Å². The molecule has 16 heavy (non-hydrogen) atoms. The van der Waals surface area contributed by atoms with Gasteiger partial charge in [0.15, 0.2) is 0 Å². The molecule has 0 aliphatic rings. The molecule has 0 aliphatic heterocycles. The molecule has 1 heterocycles. The van der Waals surface area contributed by atoms with Crippen LogP contribution in [-0.2, 0) is 6.54 Å². The fourth-order valence-corrected chi connectivity index (χ4v) is 1.63. The van der Waals surface area contributed by atoms with E-state index in [2.05, 4.69) is 15.3 Å². The molecule has 1 aromatic carbocycles. The number of halogens is 2. The van der Waals surface area contributed by atoms with Crippen molar-refractivity contribution in [3.63, 3.8) is 0 Å². The largest absolute Gasteiger partial charge is 0.379 e. The molecule has 2 rings (SSSR count). The monoisotopic (exact) mass is 239 g/mol. The van der Waals surface area contributed by atoms with Crippen LogP contribution in [0, 0.1) is 12.7 Å². The van der Waals surface area contributed by atoms with E-state index in [1.807, 2.05) is 6.92 Å². The Balaban J connectivity index is 2.07. The molecular formula is C11H11ClFN3. The van der Waals surface area contributed by atoms with Gasteiger partial charge in [0.2, 0.25) is 0 Å². The second-order valence-electron chi connectivity index (χ2n) is 3.49. The van der Waals surface area contributed by atoms with Gasteiger partial charge >= 0.3 is 0 Å². The standard InChI is InChI=1S/C11H11ClFN3/c1-7-11(16-6-15-7)5-14-10-3-8(12)2-9(13)4-10/h2-4,6,14H,5H2,1H3,(H,15,16). The van der Waals surface area contributed by atoms with Gasteiger partial charge in [-0.25, -0.2) is 9.37 Å². The molecule has 0 amide bonds. The summed E-state index contributed by atoms with van der Waals surface area (Å²) in [5, 5.41) is 3.44. The lowest BCUT2D eigenvalue weighted by molar-refractivity contribution is 0.628. The zero-order chi connectivity index (χ0) is 11.5. The molecule has 0 bridgehead atoms. The molecule has 0 fully saturated rings. The third-order valence-corrected chi connectivity index (χ3v) is 2.48. The fourth-order valence-electron chi connectivity index (χ4n) is 1.41. The maximum Gasteiger partial charge on any atom is 0.126 e. The van der Waals surface area contributed by atoms with E-state index in [0.717, 1.165) is 11.4 Å². The molecule has 0 saturated carbocycles. The minimum atomic E-state index is -0.353. The molecule has 84 valence electrons. The van der Waals surface area contributed by atoms with Crippen LogP contribution in [0.3, 0.4) is 0 Å². The van der Waals surface area contributed by atoms with Crippen LogP contribution in [-0.4, -0.2) is 9.97 Å². The number of H-pyrrole nitrogens is 1. The molecule has 3 nitrogen and oxygen atoms in total. The third-order valence-electron chi connectivity index (χ3n) is 2.26. The Hall–Kier alpha value is -1.55. The molecule has 0 spiro atoms. The van der Waals surface area contributed by atoms with Crippen LogP contribution in [0.1, 0.15) is 11.4 Å². The van der Waals surface area contributed by atoms with Gasteiger partial charge in [-0.1, -0.05) is 11.6 Å². The van der Waals surface area contributed by atoms with E-state index in [4.69, 9.17) is 11.6 Å². The molecule has 0 aliphatic carbocycles. The fraction of sp³-hybridized carbons (Fsp3) is 0.182. The average molecular weight is 240 g/mol. The second kappa shape index (κ2) is 4.53. The summed E-state index contributed by atoms with van der Waals surface area (Å²) >= 11 is 5.74. The normalized spacial score (nSPS) is 10.4. The first-order valence-electron chi connectivity index (χ1n) is 4.84. The van der Waals surface area contributed by atoms with Crippen molar-refractivity contribution in [1.82, 2.24) is 9.97 Å². The molecular weight excluding hydrogens is 229 g/mol. The first-order valence-corrected chi connectivity index (χ1v) is 5.22. The Morgan fingerprint density at radius 1 is 1.44 bits per heavy atom. The van der Waals surface area contributed by atoms with Crippen molar-refractivity contribution >= 4 is 17.3 Å². The number of imidazole rings is 1. The van der Waals surface area contributed by atoms with Gasteiger partial charge in [-0.3, -0.25) is 0 Å². The highest BCUT2D eigenvalue weighted by atomic mass is 35.5. The van der Waals surface area contributed by atoms with Gasteiger partial charge in [0.05, 0.1) is 18.6 Å². The van der Waals surface area contributed by atoms with Gasteiger partial charge in [-0.2, -0.15) is 0 Å². The van der Waals surface area contributed by atoms with E-state index in [1.54, 1.807) is 12.4 Å². The minimum absolute atomic E-state index is 0.353. The van der Waals surface area contributed by atoms with Crippen LogP contribution in [0.25, 0.3) is 0 Å². The number of benzene rings is 1. The molecule has 5 heteroatoms. The van der Waals surface area contributed by atoms with Gasteiger partial charge in [-0.05, 0) is 25.1 Å². The van der Waals surface area contributed by atoms with E-state index in [9.17, 15) is 4.39 Å². The second-order valence-corrected chi connectivity index (χ2v) is 3.92. The molecule has 1 aromatic heterocycles. The van der Waals surface area contributed by atoms with E-state index < -0.39 is 0 Å². The SMILES string of the molecule is Cc1[nH]cnc1CNc1cc(F)cc(Cl)c1. The summed E-state index contributed by atoms with van der Waals surface area (Å²) in [6.07, 6.45) is 1.63. The number of nitrogens with zero attached hydrogens (tertiary/aromatic N) is 1. The summed E-state index contributed by atoms with van der Waals surface area (Å²) < 4.78 is 13.0. The highest BCUT2D eigenvalue weighted by Crippen LogP contribution is 2.18. The lowest BCUT2D eigenvalue weighted by atomic mass is 10.3. The number of nitrogens with one attached hydrogen (secondary N) is 2. The molecule has 0 saturated heterocycles. The number of rotatable bonds is 3. The number of anilines is 1. The summed E-state index contributed by atoms with van der Waals surface area (Å²) in [4.78, 5) is 7.11. The molecule has 0 unspecified atom stereocenters. The number of hydrogen-bond acceptors (Lipinski definition) is 2. The van der Waals surface area contributed by atoms with Gasteiger partial charge in [-0.15, -0.1) is 0 Å². The Bertz CT molecular complexity index is 475. The van der Waals surface area contributed by atoms with Crippen molar-refractivity contribution in [3.8, 4) is 0 Å². The number of aryl methyl sites for hydroxylation is 1. The molecule has 2 N–H and O–H groups in total. The number of hydrogen-bond donors (Lipinski definition) is 2. The lowest BCUT2D eigenvalue weighted by Crippen LogP contribution is -2.01. The quantitative estimate of drug-likeness (QED) is 0.864. The van der Waals surface area contributed by atoms with Crippen molar-refractivity contribution in [2.45, 2.75) is 13.5 Å². The van der Waals surface area contributed by atoms with Crippen LogP contribution in [0.5, 0.6) is 0 Å². The van der Waals surface area contributed by atoms with E-state index in [1.165, 1.54) is 12.1 Å². The maximum atomic E-state index is 13.0. The van der Waals surface area contributed by atoms with Crippen molar-refractivity contribution in [1.29, 1.82) is 0 Å². The van der Waals surface area contributed by atoms with Gasteiger partial charge in [0, 0.05) is 16.4 Å². The summed E-state index contributed by atoms with van der Waals surface area (Å²) in [6, 6.07) is 4.34. The average Bonchev–Trinajstić information content (AvgIpc) is 2.59. The first-order chi connectivity index (χ1) is 7.65. The Morgan fingerprint density at radius 3 is 2.88 bits per heavy atom. The topological polar surface area (TPSA) is 40.7 Å². The Morgan fingerprint density at radius 2 is 2.25 bits per heavy atom. The zero-order valence-corrected chi connectivity index (χ0v) is 9.48. The predicted octanol–water partition coefficient (Wildman–Crippen LogP) is 3.12. The summed E-state index contributed by atoms with van der Waals surface area (Å²) in [7, 11) is 0. The van der Waals surface area contributed by atoms with Gasteiger partial charge in [0.25, 0.3) is 0 Å². The van der Waals surface area contributed by atoms with Crippen LogP contribution in [0.15, 0.2) is 24.5 Å². The highest BCUT2D eigenvalue weighted by Gasteiger charge is 2.02. The number of aromatic nitrogens is 2. The Labute approximate surface area is 97.7 Å². The van der Waals surface area contributed by atoms with E-state index >= 15 is 0 Å². The van der Waals surface area contributed by atoms with Crippen LogP contribution in [0.2, 0.25) is 5.02 Å². The predicted molar refractivity (Wildman–Crippen MR) is 62.1 cm³/mol. The maximum absolute atomic E-state index is 13.0. The van der Waals surface area contributed by atoms with Crippen molar-refractivity contribution in [2.24, 2.45) is 0 Å². The van der Waals surface area contributed by atoms with Crippen LogP contribution < -0.4 is 5.32 Å². The van der Waals surface area contributed by atoms with Crippen molar-refractivity contribution in [2.75, 3.05) is 5.32 Å². The molecule has 0 radical (unpaired) electrons.